The Morgan fingerprint density at radius 3 is 0.939 bits per heavy atom. The number of benzene rings is 6. The van der Waals surface area contributed by atoms with Crippen LogP contribution in [-0.4, -0.2) is 158 Å². The lowest BCUT2D eigenvalue weighted by atomic mass is 10.0. The molecule has 10 rings (SSSR count). The van der Waals surface area contributed by atoms with Crippen LogP contribution in [0.2, 0.25) is 0 Å². The highest BCUT2D eigenvalue weighted by molar-refractivity contribution is 6.05. The van der Waals surface area contributed by atoms with Crippen LogP contribution in [0.25, 0.3) is 0 Å². The first-order chi connectivity index (χ1) is 55.0. The van der Waals surface area contributed by atoms with Gasteiger partial charge >= 0.3 is 23.9 Å². The molecular formula is C88H131N9O18. The van der Waals surface area contributed by atoms with E-state index in [2.05, 4.69) is 64.1 Å². The molecule has 0 fully saturated rings. The van der Waals surface area contributed by atoms with Crippen LogP contribution in [0.4, 0.5) is 0 Å². The summed E-state index contributed by atoms with van der Waals surface area (Å²) < 4.78 is 13.6. The Bertz CT molecular complexity index is 3790. The van der Waals surface area contributed by atoms with Crippen molar-refractivity contribution in [2.75, 3.05) is 41.0 Å². The van der Waals surface area contributed by atoms with Gasteiger partial charge in [0.15, 0.2) is 0 Å². The van der Waals surface area contributed by atoms with Crippen molar-refractivity contribution >= 4 is 76.9 Å². The van der Waals surface area contributed by atoms with Gasteiger partial charge in [-0.3, -0.25) is 24.4 Å². The fourth-order valence-electron chi connectivity index (χ4n) is 8.53. The first-order valence-electron chi connectivity index (χ1n) is 38.5. The summed E-state index contributed by atoms with van der Waals surface area (Å²) in [6, 6.07) is 41.1. The molecule has 0 aromatic heterocycles. The number of carbonyl (C=O) groups excluding carboxylic acids is 7. The van der Waals surface area contributed by atoms with Crippen LogP contribution >= 0.6 is 0 Å². The number of rotatable bonds is 18. The summed E-state index contributed by atoms with van der Waals surface area (Å²) in [6.07, 6.45) is 9.43. The van der Waals surface area contributed by atoms with Gasteiger partial charge in [0.05, 0.1) is 72.6 Å². The topological polar surface area (TPSA) is 386 Å². The summed E-state index contributed by atoms with van der Waals surface area (Å²) in [6.45, 7) is 42.9. The van der Waals surface area contributed by atoms with Gasteiger partial charge in [-0.05, 0) is 155 Å². The van der Waals surface area contributed by atoms with Crippen molar-refractivity contribution in [2.45, 2.75) is 208 Å². The van der Waals surface area contributed by atoms with Gasteiger partial charge < -0.3 is 60.2 Å². The van der Waals surface area contributed by atoms with Crippen LogP contribution in [0, 0.1) is 0 Å². The van der Waals surface area contributed by atoms with E-state index in [0.717, 1.165) is 102 Å². The van der Waals surface area contributed by atoms with Crippen molar-refractivity contribution in [3.05, 3.63) is 225 Å². The molecule has 0 spiro atoms. The van der Waals surface area contributed by atoms with E-state index in [-0.39, 0.29) is 74.1 Å². The van der Waals surface area contributed by atoms with Crippen molar-refractivity contribution in [3.63, 3.8) is 0 Å². The quantitative estimate of drug-likeness (QED) is 0.00614. The van der Waals surface area contributed by atoms with Crippen molar-refractivity contribution in [1.82, 2.24) is 16.1 Å². The molecule has 4 atom stereocenters. The third kappa shape index (κ3) is 46.8. The van der Waals surface area contributed by atoms with Gasteiger partial charge in [0.25, 0.3) is 11.8 Å². The second-order valence-corrected chi connectivity index (χ2v) is 22.3. The van der Waals surface area contributed by atoms with Crippen molar-refractivity contribution in [3.8, 4) is 0 Å². The van der Waals surface area contributed by atoms with Crippen molar-refractivity contribution in [2.24, 2.45) is 31.5 Å². The fraction of sp³-hybridized carbons (Fsp3) is 0.420. The molecule has 0 radical (unpaired) electrons. The number of methoxy groups -OCH3 is 3. The average molecular weight is 1600 g/mol. The van der Waals surface area contributed by atoms with E-state index in [4.69, 9.17) is 40.6 Å². The minimum atomic E-state index is -0.917. The monoisotopic (exact) mass is 1600 g/mol. The molecule has 3 amide bonds. The predicted molar refractivity (Wildman–Crippen MR) is 461 cm³/mol. The molecule has 636 valence electrons. The number of hydroxylamine groups is 1. The molecule has 4 heterocycles. The number of aromatic carboxylic acids is 1. The molecule has 0 aliphatic carbocycles. The first-order valence-corrected chi connectivity index (χ1v) is 38.5. The van der Waals surface area contributed by atoms with Gasteiger partial charge in [-0.2, -0.15) is 0 Å². The van der Waals surface area contributed by atoms with Crippen LogP contribution in [0.15, 0.2) is 184 Å². The summed E-state index contributed by atoms with van der Waals surface area (Å²) in [5, 5.41) is 49.5. The molecule has 115 heavy (non-hydrogen) atoms. The molecule has 6 aromatic carbocycles. The summed E-state index contributed by atoms with van der Waals surface area (Å²) in [5.41, 5.74) is 18.2. The number of nitrogens with one attached hydrogen (secondary N) is 3. The summed E-state index contributed by atoms with van der Waals surface area (Å²) in [4.78, 5) is 109. The summed E-state index contributed by atoms with van der Waals surface area (Å²) >= 11 is 0. The maximum atomic E-state index is 11.8. The average Bonchev–Trinajstić information content (AvgIpc) is 1.77. The number of ether oxygens (including phenoxy) is 3. The summed E-state index contributed by atoms with van der Waals surface area (Å²) in [5.74, 6) is -2.87. The molecule has 4 aliphatic rings. The SMILES string of the molecule is C.C=CC.CC.CC.CC.CC.CC.CC.CC1CC(c2ccc(C(=O)NCCC(=O)NO)cc2)=NO1.CC1CC(c2ccc(C(=O)O)cc2)=NO1.CCCN.CCCNC(=O)c1ccc(C2=NOC(C)C2)cc1.COC(=O)c1ccc(/C=N/O)cc1.COC(=O)c1ccc(C2=NOC(C)C2)cc1.COC(=O)c1ccc(C=O)cc1. The number of hydrogen-bond acceptors (Lipinski definition) is 23. The fourth-order valence-corrected chi connectivity index (χ4v) is 8.53. The Balaban J connectivity index is -0.000000405. The van der Waals surface area contributed by atoms with Crippen molar-refractivity contribution < 1.29 is 87.4 Å². The number of nitrogens with two attached hydrogens (primary N) is 1. The van der Waals surface area contributed by atoms with E-state index in [0.29, 0.717) is 39.9 Å². The van der Waals surface area contributed by atoms with Crippen molar-refractivity contribution in [1.29, 1.82) is 0 Å². The van der Waals surface area contributed by atoms with E-state index in [1.807, 2.05) is 173 Å². The van der Waals surface area contributed by atoms with E-state index < -0.39 is 17.8 Å². The van der Waals surface area contributed by atoms with Gasteiger partial charge in [-0.25, -0.2) is 24.7 Å². The standard InChI is InChI=1S/C14H17N3O4.C14H18N2O2.C12H13NO3.C11H11NO3.C9H9NO3.C9H8O3.C3H9N.C3H6.6C2H6.CH4/c1-9-8-12(17-21-9)10-2-4-11(5-3-10)14(19)15-7-6-13(18)16-20;1-3-8-15-14(17)12-6-4-11(5-7-12)13-9-10(2)18-16-13;1-8-7-11(13-16-8)9-3-5-10(6-4-9)12(14)15-2;1-7-6-10(12-15-7)8-2-4-9(5-3-8)11(13)14;1-13-9(11)8-4-2-7(3-5-8)6-10-12;1-12-9(11)8-4-2-7(6-10)3-5-8;1-2-3-4;1-3-2;6*1-2;/h2-5,9,20H,6-8H2,1H3,(H,15,19)(H,16,18);4-7,10H,3,8-9H2,1-2H3,(H,15,17);3-6,8H,7H2,1-2H3;2-5,7H,6H2,1H3,(H,13,14);2-6,12H,1H3;2-6H,1H3;2-4H2,1H3;3H,1H2,2H3;6*1-2H3;1H4/b;;;;10-6+;;;;;;;;;;. The number of carboxylic acids is 1. The van der Waals surface area contributed by atoms with Gasteiger partial charge in [0.1, 0.15) is 30.7 Å². The number of carbonyl (C=O) groups is 8. The number of amides is 3. The molecule has 27 nitrogen and oxygen atoms in total. The van der Waals surface area contributed by atoms with Gasteiger partial charge in [-0.15, -0.1) is 6.58 Å². The molecule has 4 aliphatic heterocycles. The molecule has 0 bridgehead atoms. The number of nitrogens with zero attached hydrogens (tertiary/aromatic N) is 5. The zero-order valence-electron chi connectivity index (χ0n) is 71.0. The lowest BCUT2D eigenvalue weighted by molar-refractivity contribution is -0.129. The Kier molecular flexibility index (Phi) is 69.4. The van der Waals surface area contributed by atoms with Crippen LogP contribution in [0.3, 0.4) is 0 Å². The van der Waals surface area contributed by atoms with E-state index in [1.165, 1.54) is 33.0 Å². The van der Waals surface area contributed by atoms with Gasteiger partial charge in [0.2, 0.25) is 5.91 Å². The van der Waals surface area contributed by atoms with Gasteiger partial charge in [0, 0.05) is 61.9 Å². The summed E-state index contributed by atoms with van der Waals surface area (Å²) in [7, 11) is 4.01. The number of oxime groups is 5. The predicted octanol–water partition coefficient (Wildman–Crippen LogP) is 18.0. The third-order valence-corrected chi connectivity index (χ3v) is 14.0. The Hall–Kier alpha value is -11.7. The maximum Gasteiger partial charge on any atom is 0.337 e. The lowest BCUT2D eigenvalue weighted by Crippen LogP contribution is -2.29. The highest BCUT2D eigenvalue weighted by Gasteiger charge is 2.22. The van der Waals surface area contributed by atoms with Crippen LogP contribution in [0.1, 0.15) is 284 Å². The number of hydrogen-bond donors (Lipinski definition) is 7. The highest BCUT2D eigenvalue weighted by atomic mass is 16.7. The van der Waals surface area contributed by atoms with Crippen LogP contribution in [-0.2, 0) is 38.4 Å². The Morgan fingerprint density at radius 1 is 0.470 bits per heavy atom. The minimum absolute atomic E-state index is 0. The number of aldehydes is 1. The molecule has 0 saturated heterocycles. The second kappa shape index (κ2) is 71.3. The molecule has 0 saturated carbocycles. The molecule has 8 N–H and O–H groups in total. The van der Waals surface area contributed by atoms with Crippen LogP contribution < -0.4 is 21.8 Å². The molecule has 27 heteroatoms. The van der Waals surface area contributed by atoms with Crippen LogP contribution in [0.5, 0.6) is 0 Å². The Morgan fingerprint density at radius 2 is 0.722 bits per heavy atom. The van der Waals surface area contributed by atoms with Gasteiger partial charge in [-0.1, -0.05) is 209 Å². The largest absolute Gasteiger partial charge is 0.478 e. The second-order valence-electron chi connectivity index (χ2n) is 22.3. The highest BCUT2D eigenvalue weighted by Crippen LogP contribution is 2.21. The molecule has 6 aromatic rings. The third-order valence-electron chi connectivity index (χ3n) is 14.0. The molecular weight excluding hydrogens is 1470 g/mol. The van der Waals surface area contributed by atoms with E-state index >= 15 is 0 Å². The number of allylic oxidation sites excluding steroid dienone is 1. The Labute approximate surface area is 683 Å². The smallest absolute Gasteiger partial charge is 0.337 e. The zero-order chi connectivity index (χ0) is 87.4. The normalized spacial score (nSPS) is 13.9. The van der Waals surface area contributed by atoms with E-state index in [1.54, 1.807) is 103 Å². The molecule has 4 unspecified atom stereocenters. The first kappa shape index (κ1) is 112. The number of esters is 3. The zero-order valence-corrected chi connectivity index (χ0v) is 71.0. The minimum Gasteiger partial charge on any atom is -0.478 e. The number of carboxylic acid groups (broad SMARTS) is 1. The van der Waals surface area contributed by atoms with E-state index in [9.17, 15) is 38.4 Å². The maximum absolute atomic E-state index is 11.8. The lowest BCUT2D eigenvalue weighted by Gasteiger charge is -2.05.